The number of benzene rings is 3. The Bertz CT molecular complexity index is 1190. The lowest BCUT2D eigenvalue weighted by Crippen LogP contribution is -2.30. The molecule has 1 N–H and O–H groups in total. The molecule has 1 fully saturated rings. The largest absolute Gasteiger partial charge is 0.487 e. The third kappa shape index (κ3) is 5.11. The maximum atomic E-state index is 12.8. The summed E-state index contributed by atoms with van der Waals surface area (Å²) in [7, 11) is 0. The zero-order chi connectivity index (χ0) is 22.7. The second-order valence-corrected chi connectivity index (χ2v) is 9.17. The molecule has 0 unspecified atom stereocenters. The molecular weight excluding hydrogens is 536 g/mol. The summed E-state index contributed by atoms with van der Waals surface area (Å²) in [5.41, 5.74) is 4.02. The first-order chi connectivity index (χ1) is 15.4. The maximum Gasteiger partial charge on any atom is 0.329 e. The van der Waals surface area contributed by atoms with E-state index in [4.69, 9.17) is 4.74 Å². The molecule has 0 bridgehead atoms. The average molecular weight is 556 g/mol. The van der Waals surface area contributed by atoms with Gasteiger partial charge in [-0.15, -0.1) is 0 Å². The molecular formula is C25H20Br2N2O3. The molecule has 1 heterocycles. The van der Waals surface area contributed by atoms with Gasteiger partial charge in [0.25, 0.3) is 5.91 Å². The zero-order valence-corrected chi connectivity index (χ0v) is 20.4. The maximum absolute atomic E-state index is 12.8. The van der Waals surface area contributed by atoms with Gasteiger partial charge in [0.05, 0.1) is 15.5 Å². The number of carbonyl (C=O) groups excluding carboxylic acids is 2. The van der Waals surface area contributed by atoms with Gasteiger partial charge in [-0.1, -0.05) is 60.2 Å². The predicted molar refractivity (Wildman–Crippen MR) is 131 cm³/mol. The molecule has 5 nitrogen and oxygen atoms in total. The highest BCUT2D eigenvalue weighted by Crippen LogP contribution is 2.36. The van der Waals surface area contributed by atoms with Crippen LogP contribution in [0.1, 0.15) is 22.3 Å². The van der Waals surface area contributed by atoms with Crippen LogP contribution in [0.4, 0.5) is 4.79 Å². The van der Waals surface area contributed by atoms with E-state index in [1.807, 2.05) is 73.7 Å². The number of hydrogen-bond donors (Lipinski definition) is 1. The Labute approximate surface area is 203 Å². The van der Waals surface area contributed by atoms with Crippen LogP contribution >= 0.6 is 31.9 Å². The highest BCUT2D eigenvalue weighted by atomic mass is 79.9. The number of urea groups is 1. The molecule has 0 saturated carbocycles. The summed E-state index contributed by atoms with van der Waals surface area (Å²) in [4.78, 5) is 26.4. The van der Waals surface area contributed by atoms with Crippen LogP contribution in [0, 0.1) is 6.92 Å². The van der Waals surface area contributed by atoms with Gasteiger partial charge in [0, 0.05) is 0 Å². The van der Waals surface area contributed by atoms with Crippen LogP contribution < -0.4 is 10.1 Å². The van der Waals surface area contributed by atoms with Gasteiger partial charge in [0.2, 0.25) is 0 Å². The Balaban J connectivity index is 1.50. The van der Waals surface area contributed by atoms with Gasteiger partial charge in [-0.2, -0.15) is 0 Å². The van der Waals surface area contributed by atoms with Crippen molar-refractivity contribution in [2.24, 2.45) is 0 Å². The van der Waals surface area contributed by atoms with Gasteiger partial charge in [-0.3, -0.25) is 9.69 Å². The lowest BCUT2D eigenvalue weighted by Gasteiger charge is -2.12. The summed E-state index contributed by atoms with van der Waals surface area (Å²) < 4.78 is 7.43. The summed E-state index contributed by atoms with van der Waals surface area (Å²) in [6.07, 6.45) is 1.66. The number of nitrogens with zero attached hydrogens (tertiary/aromatic N) is 1. The normalized spacial score (nSPS) is 14.7. The Morgan fingerprint density at radius 1 is 0.938 bits per heavy atom. The molecule has 3 aromatic carbocycles. The molecule has 4 rings (SSSR count). The number of ether oxygens (including phenoxy) is 1. The molecule has 1 aliphatic rings. The van der Waals surface area contributed by atoms with Gasteiger partial charge in [0.1, 0.15) is 18.1 Å². The van der Waals surface area contributed by atoms with Gasteiger partial charge in [-0.25, -0.2) is 4.79 Å². The van der Waals surface area contributed by atoms with Crippen LogP contribution in [0.3, 0.4) is 0 Å². The smallest absolute Gasteiger partial charge is 0.329 e. The number of aryl methyl sites for hydroxylation is 1. The summed E-state index contributed by atoms with van der Waals surface area (Å²) in [6.45, 7) is 2.63. The van der Waals surface area contributed by atoms with Crippen LogP contribution in [0.2, 0.25) is 0 Å². The number of rotatable bonds is 6. The number of halogens is 2. The Hall–Kier alpha value is -2.90. The van der Waals surface area contributed by atoms with Crippen molar-refractivity contribution in [3.63, 3.8) is 0 Å². The Kier molecular flexibility index (Phi) is 6.77. The van der Waals surface area contributed by atoms with Crippen LogP contribution in [0.5, 0.6) is 5.75 Å². The van der Waals surface area contributed by atoms with E-state index in [1.165, 1.54) is 4.90 Å². The average Bonchev–Trinajstić information content (AvgIpc) is 3.01. The van der Waals surface area contributed by atoms with E-state index in [2.05, 4.69) is 37.2 Å². The van der Waals surface area contributed by atoms with Crippen molar-refractivity contribution < 1.29 is 14.3 Å². The topological polar surface area (TPSA) is 58.6 Å². The fourth-order valence-corrected chi connectivity index (χ4v) is 4.86. The minimum atomic E-state index is -0.427. The Morgan fingerprint density at radius 3 is 2.31 bits per heavy atom. The first kappa shape index (κ1) is 22.3. The van der Waals surface area contributed by atoms with Crippen LogP contribution in [-0.2, 0) is 17.9 Å². The van der Waals surface area contributed by atoms with E-state index < -0.39 is 6.03 Å². The summed E-state index contributed by atoms with van der Waals surface area (Å²) in [5, 5.41) is 2.67. The minimum Gasteiger partial charge on any atom is -0.487 e. The molecule has 1 aliphatic heterocycles. The molecule has 3 aromatic rings. The summed E-state index contributed by atoms with van der Waals surface area (Å²) >= 11 is 7.09. The number of imide groups is 1. The number of hydrogen-bond acceptors (Lipinski definition) is 3. The van der Waals surface area contributed by atoms with E-state index in [0.717, 1.165) is 31.2 Å². The van der Waals surface area contributed by atoms with Crippen molar-refractivity contribution in [1.29, 1.82) is 0 Å². The van der Waals surface area contributed by atoms with Gasteiger partial charge in [0.15, 0.2) is 0 Å². The molecule has 0 spiro atoms. The third-order valence-corrected chi connectivity index (χ3v) is 6.12. The summed E-state index contributed by atoms with van der Waals surface area (Å²) in [6, 6.07) is 20.9. The van der Waals surface area contributed by atoms with Crippen molar-refractivity contribution >= 4 is 49.9 Å². The predicted octanol–water partition coefficient (Wildman–Crippen LogP) is 6.19. The monoisotopic (exact) mass is 554 g/mol. The first-order valence-electron chi connectivity index (χ1n) is 9.96. The SMILES string of the molecule is Cc1cccc(CN2C(=O)N/C(=C/c3cc(Br)c(OCc4ccccc4)c(Br)c3)C2=O)c1. The molecule has 162 valence electrons. The fraction of sp³-hybridized carbons (Fsp3) is 0.120. The third-order valence-electron chi connectivity index (χ3n) is 4.94. The number of nitrogens with one attached hydrogen (secondary N) is 1. The lowest BCUT2D eigenvalue weighted by molar-refractivity contribution is -0.123. The van der Waals surface area contributed by atoms with E-state index >= 15 is 0 Å². The van der Waals surface area contributed by atoms with E-state index in [-0.39, 0.29) is 18.1 Å². The number of amides is 3. The lowest BCUT2D eigenvalue weighted by atomic mass is 10.1. The van der Waals surface area contributed by atoms with Crippen molar-refractivity contribution in [3.05, 3.63) is 104 Å². The standard InChI is InChI=1S/C25H20Br2N2O3/c1-16-6-5-9-18(10-16)14-29-24(30)22(28-25(29)31)13-19-11-20(26)23(21(27)12-19)32-15-17-7-3-2-4-8-17/h2-13H,14-15H2,1H3,(H,28,31)/b22-13+. The quantitative estimate of drug-likeness (QED) is 0.291. The molecule has 0 aromatic heterocycles. The second kappa shape index (κ2) is 9.71. The van der Waals surface area contributed by atoms with Gasteiger partial charge < -0.3 is 10.1 Å². The van der Waals surface area contributed by atoms with Crippen LogP contribution in [0.25, 0.3) is 6.08 Å². The van der Waals surface area contributed by atoms with Crippen molar-refractivity contribution in [3.8, 4) is 5.75 Å². The highest BCUT2D eigenvalue weighted by molar-refractivity contribution is 9.11. The molecule has 1 saturated heterocycles. The van der Waals surface area contributed by atoms with E-state index in [1.54, 1.807) is 6.08 Å². The van der Waals surface area contributed by atoms with Crippen LogP contribution in [0.15, 0.2) is 81.4 Å². The van der Waals surface area contributed by atoms with Crippen molar-refractivity contribution in [2.75, 3.05) is 0 Å². The molecule has 0 radical (unpaired) electrons. The van der Waals surface area contributed by atoms with E-state index in [9.17, 15) is 9.59 Å². The molecule has 0 atom stereocenters. The Morgan fingerprint density at radius 2 is 1.62 bits per heavy atom. The first-order valence-corrected chi connectivity index (χ1v) is 11.5. The fourth-order valence-electron chi connectivity index (χ4n) is 3.41. The van der Waals surface area contributed by atoms with Crippen molar-refractivity contribution in [2.45, 2.75) is 20.1 Å². The van der Waals surface area contributed by atoms with Gasteiger partial charge >= 0.3 is 6.03 Å². The summed E-state index contributed by atoms with van der Waals surface area (Å²) in [5.74, 6) is 0.312. The minimum absolute atomic E-state index is 0.226. The molecule has 7 heteroatoms. The van der Waals surface area contributed by atoms with Crippen molar-refractivity contribution in [1.82, 2.24) is 10.2 Å². The second-order valence-electron chi connectivity index (χ2n) is 7.46. The molecule has 0 aliphatic carbocycles. The van der Waals surface area contributed by atoms with Crippen LogP contribution in [-0.4, -0.2) is 16.8 Å². The molecule has 32 heavy (non-hydrogen) atoms. The van der Waals surface area contributed by atoms with E-state index in [0.29, 0.717) is 12.4 Å². The highest BCUT2D eigenvalue weighted by Gasteiger charge is 2.33. The number of carbonyl (C=O) groups is 2. The van der Waals surface area contributed by atoms with Gasteiger partial charge in [-0.05, 0) is 73.7 Å². The molecule has 3 amide bonds. The zero-order valence-electron chi connectivity index (χ0n) is 17.3.